The fraction of sp³-hybridized carbons (Fsp3) is 0.333. The maximum atomic E-state index is 5.45. The fourth-order valence-electron chi connectivity index (χ4n) is 2.70. The second-order valence-corrected chi connectivity index (χ2v) is 5.66. The number of H-pyrrole nitrogens is 1. The average molecular weight is 326 g/mol. The molecule has 2 N–H and O–H groups in total. The molecule has 0 atom stereocenters. The van der Waals surface area contributed by atoms with Gasteiger partial charge in [0.2, 0.25) is 0 Å². The molecule has 0 spiro atoms. The first kappa shape index (κ1) is 16.1. The number of aromatic nitrogens is 3. The number of nitrogens with zero attached hydrogens (tertiary/aromatic N) is 2. The first-order chi connectivity index (χ1) is 11.7. The number of nitrogens with one attached hydrogen (secondary N) is 2. The van der Waals surface area contributed by atoms with Gasteiger partial charge in [0.1, 0.15) is 23.6 Å². The lowest BCUT2D eigenvalue weighted by Crippen LogP contribution is -2.05. The molecule has 2 aromatic heterocycles. The normalized spacial score (nSPS) is 10.8. The lowest BCUT2D eigenvalue weighted by atomic mass is 10.2. The monoisotopic (exact) mass is 326 g/mol. The maximum Gasteiger partial charge on any atom is 0.131 e. The predicted molar refractivity (Wildman–Crippen MR) is 95.0 cm³/mol. The van der Waals surface area contributed by atoms with E-state index in [2.05, 4.69) is 26.3 Å². The van der Waals surface area contributed by atoms with E-state index in [9.17, 15) is 0 Å². The van der Waals surface area contributed by atoms with Gasteiger partial charge in [0.25, 0.3) is 0 Å². The summed E-state index contributed by atoms with van der Waals surface area (Å²) in [5.41, 5.74) is 3.17. The van der Waals surface area contributed by atoms with Gasteiger partial charge in [-0.05, 0) is 25.8 Å². The van der Waals surface area contributed by atoms with E-state index in [0.29, 0.717) is 0 Å². The van der Waals surface area contributed by atoms with Gasteiger partial charge in [0.05, 0.1) is 19.7 Å². The smallest absolute Gasteiger partial charge is 0.131 e. The number of anilines is 1. The quantitative estimate of drug-likeness (QED) is 0.652. The molecule has 0 unspecified atom stereocenters. The molecule has 6 nitrogen and oxygen atoms in total. The van der Waals surface area contributed by atoms with Crippen LogP contribution in [0.15, 0.2) is 30.6 Å². The number of ether oxygens (including phenoxy) is 2. The molecule has 0 aliphatic rings. The number of rotatable bonds is 7. The van der Waals surface area contributed by atoms with E-state index in [1.54, 1.807) is 20.5 Å². The van der Waals surface area contributed by atoms with Gasteiger partial charge in [0, 0.05) is 41.5 Å². The van der Waals surface area contributed by atoms with Crippen molar-refractivity contribution >= 4 is 16.7 Å². The second-order valence-electron chi connectivity index (χ2n) is 5.66. The van der Waals surface area contributed by atoms with Crippen LogP contribution in [0, 0.1) is 6.92 Å². The molecule has 0 saturated heterocycles. The summed E-state index contributed by atoms with van der Waals surface area (Å²) in [4.78, 5) is 11.7. The van der Waals surface area contributed by atoms with Gasteiger partial charge in [-0.3, -0.25) is 0 Å². The summed E-state index contributed by atoms with van der Waals surface area (Å²) in [7, 11) is 3.33. The molecule has 2 heterocycles. The Balaban J connectivity index is 1.63. The number of aromatic amines is 1. The highest BCUT2D eigenvalue weighted by atomic mass is 16.5. The van der Waals surface area contributed by atoms with Gasteiger partial charge in [-0.2, -0.15) is 0 Å². The Morgan fingerprint density at radius 2 is 1.96 bits per heavy atom. The van der Waals surface area contributed by atoms with Crippen LogP contribution in [0.1, 0.15) is 17.8 Å². The van der Waals surface area contributed by atoms with E-state index in [1.165, 1.54) is 5.69 Å². The van der Waals surface area contributed by atoms with Crippen molar-refractivity contribution in [2.75, 3.05) is 26.1 Å². The number of aryl methyl sites for hydroxylation is 2. The standard InChI is InChI=1S/C18H22N4O2/c1-12-7-18(21-11-20-12)19-6-4-5-13-8-15-16(22-13)9-14(23-2)10-17(15)24-3/h7-11,22H,4-6H2,1-3H3,(H,19,20,21). The highest BCUT2D eigenvalue weighted by molar-refractivity contribution is 5.88. The first-order valence-electron chi connectivity index (χ1n) is 7.95. The van der Waals surface area contributed by atoms with E-state index >= 15 is 0 Å². The van der Waals surface area contributed by atoms with Crippen molar-refractivity contribution in [3.8, 4) is 11.5 Å². The zero-order chi connectivity index (χ0) is 16.9. The van der Waals surface area contributed by atoms with Crippen molar-refractivity contribution in [1.29, 1.82) is 0 Å². The molecule has 0 saturated carbocycles. The van der Waals surface area contributed by atoms with Gasteiger partial charge >= 0.3 is 0 Å². The molecule has 0 aliphatic heterocycles. The van der Waals surface area contributed by atoms with Gasteiger partial charge in [0.15, 0.2) is 0 Å². The molecule has 0 radical (unpaired) electrons. The molecule has 6 heteroatoms. The molecular weight excluding hydrogens is 304 g/mol. The lowest BCUT2D eigenvalue weighted by molar-refractivity contribution is 0.398. The van der Waals surface area contributed by atoms with Crippen molar-refractivity contribution in [1.82, 2.24) is 15.0 Å². The van der Waals surface area contributed by atoms with Gasteiger partial charge in [-0.15, -0.1) is 0 Å². The Labute approximate surface area is 141 Å². The fourth-order valence-corrected chi connectivity index (χ4v) is 2.70. The molecule has 1 aromatic carbocycles. The summed E-state index contributed by atoms with van der Waals surface area (Å²) >= 11 is 0. The molecule has 0 fully saturated rings. The maximum absolute atomic E-state index is 5.45. The molecule has 0 bridgehead atoms. The number of hydrogen-bond acceptors (Lipinski definition) is 5. The molecule has 0 amide bonds. The van der Waals surface area contributed by atoms with Crippen LogP contribution in [0.25, 0.3) is 10.9 Å². The Morgan fingerprint density at radius 3 is 2.71 bits per heavy atom. The third-order valence-electron chi connectivity index (χ3n) is 3.92. The molecule has 3 rings (SSSR count). The Bertz CT molecular complexity index is 829. The molecule has 24 heavy (non-hydrogen) atoms. The minimum absolute atomic E-state index is 0.786. The van der Waals surface area contributed by atoms with Crippen LogP contribution in [-0.2, 0) is 6.42 Å². The van der Waals surface area contributed by atoms with E-state index < -0.39 is 0 Å². The third-order valence-corrected chi connectivity index (χ3v) is 3.92. The summed E-state index contributed by atoms with van der Waals surface area (Å²) < 4.78 is 10.8. The van der Waals surface area contributed by atoms with Crippen molar-refractivity contribution in [2.24, 2.45) is 0 Å². The first-order valence-corrected chi connectivity index (χ1v) is 7.95. The summed E-state index contributed by atoms with van der Waals surface area (Å²) in [5, 5.41) is 4.40. The van der Waals surface area contributed by atoms with Crippen molar-refractivity contribution in [3.05, 3.63) is 42.0 Å². The average Bonchev–Trinajstić information content (AvgIpc) is 3.00. The Kier molecular flexibility index (Phi) is 4.84. The predicted octanol–water partition coefficient (Wildman–Crippen LogP) is 3.33. The van der Waals surface area contributed by atoms with Crippen LogP contribution in [-0.4, -0.2) is 35.7 Å². The van der Waals surface area contributed by atoms with E-state index in [1.807, 2.05) is 25.1 Å². The zero-order valence-electron chi connectivity index (χ0n) is 14.2. The van der Waals surface area contributed by atoms with Crippen molar-refractivity contribution in [3.63, 3.8) is 0 Å². The van der Waals surface area contributed by atoms with E-state index in [-0.39, 0.29) is 0 Å². The van der Waals surface area contributed by atoms with Crippen LogP contribution < -0.4 is 14.8 Å². The number of fused-ring (bicyclic) bond motifs is 1. The Morgan fingerprint density at radius 1 is 1.08 bits per heavy atom. The highest BCUT2D eigenvalue weighted by Gasteiger charge is 2.09. The lowest BCUT2D eigenvalue weighted by Gasteiger charge is -2.05. The van der Waals surface area contributed by atoms with Crippen LogP contribution >= 0.6 is 0 Å². The summed E-state index contributed by atoms with van der Waals surface area (Å²) in [6.07, 6.45) is 3.52. The van der Waals surface area contributed by atoms with Gasteiger partial charge < -0.3 is 19.8 Å². The zero-order valence-corrected chi connectivity index (χ0v) is 14.2. The SMILES string of the molecule is COc1cc(OC)c2cc(CCCNc3cc(C)ncn3)[nH]c2c1. The van der Waals surface area contributed by atoms with Crippen LogP contribution in [0.5, 0.6) is 11.5 Å². The molecule has 126 valence electrons. The molecular formula is C18H22N4O2. The van der Waals surface area contributed by atoms with E-state index in [4.69, 9.17) is 9.47 Å². The number of methoxy groups -OCH3 is 2. The number of benzene rings is 1. The molecule has 3 aromatic rings. The van der Waals surface area contributed by atoms with Crippen LogP contribution in [0.2, 0.25) is 0 Å². The van der Waals surface area contributed by atoms with Crippen LogP contribution in [0.3, 0.4) is 0 Å². The molecule has 0 aliphatic carbocycles. The van der Waals surface area contributed by atoms with E-state index in [0.717, 1.165) is 53.3 Å². The summed E-state index contributed by atoms with van der Waals surface area (Å²) in [6, 6.07) is 7.98. The van der Waals surface area contributed by atoms with Crippen molar-refractivity contribution < 1.29 is 9.47 Å². The topological polar surface area (TPSA) is 72.1 Å². The minimum atomic E-state index is 0.786. The third kappa shape index (κ3) is 3.59. The minimum Gasteiger partial charge on any atom is -0.497 e. The summed E-state index contributed by atoms with van der Waals surface area (Å²) in [6.45, 7) is 2.81. The largest absolute Gasteiger partial charge is 0.497 e. The Hall–Kier alpha value is -2.76. The highest BCUT2D eigenvalue weighted by Crippen LogP contribution is 2.31. The van der Waals surface area contributed by atoms with Crippen LogP contribution in [0.4, 0.5) is 5.82 Å². The van der Waals surface area contributed by atoms with Gasteiger partial charge in [-0.25, -0.2) is 9.97 Å². The van der Waals surface area contributed by atoms with Crippen molar-refractivity contribution in [2.45, 2.75) is 19.8 Å². The van der Waals surface area contributed by atoms with Gasteiger partial charge in [-0.1, -0.05) is 0 Å². The second kappa shape index (κ2) is 7.21. The number of hydrogen-bond donors (Lipinski definition) is 2. The summed E-state index contributed by atoms with van der Waals surface area (Å²) in [5.74, 6) is 2.47.